The van der Waals surface area contributed by atoms with Crippen molar-refractivity contribution in [3.8, 4) is 0 Å². The Kier molecular flexibility index (Phi) is 15.0. The number of esters is 4. The number of amides is 2. The summed E-state index contributed by atoms with van der Waals surface area (Å²) in [5.41, 5.74) is -0.270. The predicted octanol–water partition coefficient (Wildman–Crippen LogP) is -3.08. The third-order valence-corrected chi connectivity index (χ3v) is 8.18. The molecular weight excluding hydrogens is 729 g/mol. The van der Waals surface area contributed by atoms with Gasteiger partial charge in [0.15, 0.2) is 30.9 Å². The molecule has 3 aliphatic rings. The van der Waals surface area contributed by atoms with Crippen LogP contribution in [0.4, 0.5) is 0 Å². The Morgan fingerprint density at radius 2 is 1.37 bits per heavy atom. The van der Waals surface area contributed by atoms with Gasteiger partial charge in [0.2, 0.25) is 10.4 Å². The van der Waals surface area contributed by atoms with Crippen molar-refractivity contribution in [1.82, 2.24) is 4.90 Å². The SMILES string of the molecule is C=CCO[C@H]1O[C@@H](C)[C@@H](OC(C)=O)[C@@H](O[C@@H]2O[C@H](COC(C)=O)[C@@H](OC(C)=O)[C@H](OS(=O)(=O)[O-])[C@H]2N2C(=O)c3ccccc3C2=O)[C@@H]1OC(C)=O.[Na+]. The molecule has 0 spiro atoms. The standard InChI is InChI=1S/C31H37NO18S.Na/c1-7-12-42-31-27(47-18(6)36)26(23(14(2)44-31)45-16(4)34)49-30-22(32-28(37)19-10-8-9-11-20(19)29(32)38)25(50-51(39,40)41)24(46-17(5)35)21(48-30)13-43-15(3)33;/h7-11,14,21-27,30-31H,1,12-13H2,2-6H3,(H,39,40,41);/q;+1/p-1/t14-,21+,22+,23+,24+,25+,26+,27-,30-,31-;/m0./s1. The fraction of sp³-hybridized carbons (Fsp3) is 0.548. The second-order valence-electron chi connectivity index (χ2n) is 11.5. The molecule has 0 aliphatic carbocycles. The van der Waals surface area contributed by atoms with E-state index in [9.17, 15) is 41.7 Å². The average Bonchev–Trinajstić information content (AvgIpc) is 3.27. The first kappa shape index (κ1) is 43.1. The number of fused-ring (bicyclic) bond motifs is 1. The maximum absolute atomic E-state index is 13.9. The summed E-state index contributed by atoms with van der Waals surface area (Å²) >= 11 is 0. The van der Waals surface area contributed by atoms with Gasteiger partial charge in [-0.15, -0.1) is 6.58 Å². The second kappa shape index (κ2) is 18.1. The zero-order valence-electron chi connectivity index (χ0n) is 29.0. The van der Waals surface area contributed by atoms with Crippen LogP contribution in [0.2, 0.25) is 0 Å². The smallest absolute Gasteiger partial charge is 0.726 e. The Bertz CT molecular complexity index is 1620. The van der Waals surface area contributed by atoms with E-state index >= 15 is 0 Å². The van der Waals surface area contributed by atoms with Gasteiger partial charge >= 0.3 is 53.4 Å². The van der Waals surface area contributed by atoms with Crippen LogP contribution in [0.3, 0.4) is 0 Å². The van der Waals surface area contributed by atoms with Crippen LogP contribution in [0.1, 0.15) is 55.3 Å². The van der Waals surface area contributed by atoms with E-state index in [1.165, 1.54) is 37.3 Å². The van der Waals surface area contributed by atoms with Crippen LogP contribution >= 0.6 is 0 Å². The number of rotatable bonds is 13. The van der Waals surface area contributed by atoms with Crippen molar-refractivity contribution in [2.75, 3.05) is 13.2 Å². The predicted molar refractivity (Wildman–Crippen MR) is 163 cm³/mol. The molecule has 0 saturated carbocycles. The number of carbonyl (C=O) groups is 6. The molecule has 0 unspecified atom stereocenters. The number of imide groups is 1. The Labute approximate surface area is 320 Å². The molecule has 4 rings (SSSR count). The van der Waals surface area contributed by atoms with Gasteiger partial charge in [0, 0.05) is 27.7 Å². The third-order valence-electron chi connectivity index (χ3n) is 7.72. The number of nitrogens with zero attached hydrogens (tertiary/aromatic N) is 1. The molecule has 1 aromatic rings. The van der Waals surface area contributed by atoms with Crippen LogP contribution in [0.5, 0.6) is 0 Å². The largest absolute Gasteiger partial charge is 1.00 e. The Morgan fingerprint density at radius 3 is 1.87 bits per heavy atom. The molecular formula is C31H36NNaO18S. The van der Waals surface area contributed by atoms with Crippen LogP contribution in [0.25, 0.3) is 0 Å². The fourth-order valence-electron chi connectivity index (χ4n) is 5.92. The monoisotopic (exact) mass is 765 g/mol. The number of carbonyl (C=O) groups excluding carboxylic acids is 6. The molecule has 2 fully saturated rings. The minimum atomic E-state index is -5.75. The molecule has 0 N–H and O–H groups in total. The van der Waals surface area contributed by atoms with Crippen LogP contribution in [0.15, 0.2) is 36.9 Å². The molecule has 0 radical (unpaired) electrons. The van der Waals surface area contributed by atoms with Gasteiger partial charge in [0.25, 0.3) is 11.8 Å². The van der Waals surface area contributed by atoms with Crippen LogP contribution < -0.4 is 29.6 Å². The summed E-state index contributed by atoms with van der Waals surface area (Å²) in [5.74, 6) is -5.69. The average molecular weight is 766 g/mol. The van der Waals surface area contributed by atoms with Gasteiger partial charge in [-0.2, -0.15) is 0 Å². The van der Waals surface area contributed by atoms with Gasteiger partial charge in [0.1, 0.15) is 31.0 Å². The van der Waals surface area contributed by atoms with Crippen molar-refractivity contribution < 1.29 is 113 Å². The number of hydrogen-bond acceptors (Lipinski definition) is 18. The number of benzene rings is 1. The summed E-state index contributed by atoms with van der Waals surface area (Å²) in [4.78, 5) is 77.0. The van der Waals surface area contributed by atoms with Crippen molar-refractivity contribution in [3.05, 3.63) is 48.0 Å². The zero-order valence-corrected chi connectivity index (χ0v) is 31.8. The van der Waals surface area contributed by atoms with Crippen molar-refractivity contribution >= 4 is 46.1 Å². The summed E-state index contributed by atoms with van der Waals surface area (Å²) in [6, 6.07) is 3.42. The molecule has 21 heteroatoms. The van der Waals surface area contributed by atoms with Gasteiger partial charge in [-0.3, -0.25) is 37.9 Å². The van der Waals surface area contributed by atoms with Gasteiger partial charge < -0.3 is 42.4 Å². The van der Waals surface area contributed by atoms with E-state index in [2.05, 4.69) is 6.58 Å². The van der Waals surface area contributed by atoms with Gasteiger partial charge in [0.05, 0.1) is 23.8 Å². The van der Waals surface area contributed by atoms with Gasteiger partial charge in [-0.1, -0.05) is 18.2 Å². The fourth-order valence-corrected chi connectivity index (χ4v) is 6.41. The molecule has 3 aliphatic heterocycles. The topological polar surface area (TPSA) is 246 Å². The van der Waals surface area contributed by atoms with E-state index in [1.54, 1.807) is 0 Å². The van der Waals surface area contributed by atoms with E-state index < -0.39 is 114 Å². The molecule has 52 heavy (non-hydrogen) atoms. The summed E-state index contributed by atoms with van der Waals surface area (Å²) < 4.78 is 87.0. The molecule has 0 bridgehead atoms. The first-order chi connectivity index (χ1) is 23.9. The van der Waals surface area contributed by atoms with Gasteiger partial charge in [-0.05, 0) is 19.1 Å². The Hall–Kier alpha value is -3.31. The second-order valence-corrected chi connectivity index (χ2v) is 12.5. The molecule has 280 valence electrons. The first-order valence-electron chi connectivity index (χ1n) is 15.4. The molecule has 19 nitrogen and oxygen atoms in total. The Morgan fingerprint density at radius 1 is 0.827 bits per heavy atom. The zero-order chi connectivity index (χ0) is 37.8. The third kappa shape index (κ3) is 10.2. The molecule has 3 heterocycles. The van der Waals surface area contributed by atoms with Crippen LogP contribution in [-0.2, 0) is 71.7 Å². The number of ether oxygens (including phenoxy) is 8. The van der Waals surface area contributed by atoms with E-state index in [-0.39, 0.29) is 47.3 Å². The van der Waals surface area contributed by atoms with E-state index in [4.69, 9.17) is 42.1 Å². The molecule has 2 amide bonds. The van der Waals surface area contributed by atoms with Crippen molar-refractivity contribution in [1.29, 1.82) is 0 Å². The first-order valence-corrected chi connectivity index (χ1v) is 16.7. The summed E-state index contributed by atoms with van der Waals surface area (Å²) in [5, 5.41) is 0. The summed E-state index contributed by atoms with van der Waals surface area (Å²) in [6.07, 6.45) is -13.8. The van der Waals surface area contributed by atoms with Gasteiger partial charge in [-0.25, -0.2) is 8.42 Å². The van der Waals surface area contributed by atoms with E-state index in [1.807, 2.05) is 0 Å². The molecule has 10 atom stereocenters. The minimum absolute atomic E-state index is 0. The minimum Gasteiger partial charge on any atom is -0.726 e. The van der Waals surface area contributed by atoms with Crippen molar-refractivity contribution in [2.24, 2.45) is 0 Å². The molecule has 1 aromatic carbocycles. The molecule has 0 aromatic heterocycles. The van der Waals surface area contributed by atoms with Crippen molar-refractivity contribution in [2.45, 2.75) is 96.0 Å². The normalized spacial score (nSPS) is 30.0. The maximum atomic E-state index is 13.9. The van der Waals surface area contributed by atoms with E-state index in [0.717, 1.165) is 27.7 Å². The quantitative estimate of drug-likeness (QED) is 0.0367. The summed E-state index contributed by atoms with van der Waals surface area (Å²) in [7, 11) is -5.75. The molecule has 2 saturated heterocycles. The van der Waals surface area contributed by atoms with Crippen LogP contribution in [0, 0.1) is 0 Å². The van der Waals surface area contributed by atoms with Crippen LogP contribution in [-0.4, -0.2) is 128 Å². The van der Waals surface area contributed by atoms with E-state index in [0.29, 0.717) is 4.90 Å². The Balaban J connectivity index is 0.00000729. The number of hydrogen-bond donors (Lipinski definition) is 0. The van der Waals surface area contributed by atoms with Crippen molar-refractivity contribution in [3.63, 3.8) is 0 Å². The summed E-state index contributed by atoms with van der Waals surface area (Å²) in [6.45, 7) is 8.17. The maximum Gasteiger partial charge on any atom is 1.00 e.